The zero-order valence-corrected chi connectivity index (χ0v) is 11.5. The van der Waals surface area contributed by atoms with Crippen LogP contribution in [0.2, 0.25) is 0 Å². The topological polar surface area (TPSA) is 32.3 Å². The lowest BCUT2D eigenvalue weighted by molar-refractivity contribution is 0.0896. The molecule has 2 rings (SSSR count). The minimum Gasteiger partial charge on any atom is -0.349 e. The van der Waals surface area contributed by atoms with E-state index >= 15 is 0 Å². The van der Waals surface area contributed by atoms with Crippen LogP contribution in [-0.4, -0.2) is 36.0 Å². The summed E-state index contributed by atoms with van der Waals surface area (Å²) < 4.78 is 13.5. The van der Waals surface area contributed by atoms with Gasteiger partial charge in [-0.25, -0.2) is 4.39 Å². The number of hydrogen-bond donors (Lipinski definition) is 1. The fourth-order valence-electron chi connectivity index (χ4n) is 2.47. The number of amides is 1. The Morgan fingerprint density at radius 2 is 1.95 bits per heavy atom. The summed E-state index contributed by atoms with van der Waals surface area (Å²) >= 11 is 0. The van der Waals surface area contributed by atoms with Crippen LogP contribution in [0.15, 0.2) is 24.3 Å². The summed E-state index contributed by atoms with van der Waals surface area (Å²) in [6, 6.07) is 6.81. The average molecular weight is 264 g/mol. The summed E-state index contributed by atoms with van der Waals surface area (Å²) in [6.07, 6.45) is 1.86. The number of rotatable bonds is 3. The van der Waals surface area contributed by atoms with Gasteiger partial charge in [0.1, 0.15) is 5.82 Å². The van der Waals surface area contributed by atoms with Crippen LogP contribution in [0, 0.1) is 5.82 Å². The van der Waals surface area contributed by atoms with Crippen LogP contribution in [0.3, 0.4) is 0 Å². The number of piperidine rings is 1. The van der Waals surface area contributed by atoms with E-state index in [4.69, 9.17) is 0 Å². The number of nitrogens with zero attached hydrogens (tertiary/aromatic N) is 1. The number of carbonyl (C=O) groups excluding carboxylic acids is 1. The minimum atomic E-state index is -0.459. The second-order valence-corrected chi connectivity index (χ2v) is 5.36. The zero-order valence-electron chi connectivity index (χ0n) is 11.5. The third kappa shape index (κ3) is 3.53. The Hall–Kier alpha value is -1.42. The van der Waals surface area contributed by atoms with Crippen molar-refractivity contribution >= 4 is 5.91 Å². The summed E-state index contributed by atoms with van der Waals surface area (Å²) in [6.45, 7) is 6.33. The predicted octanol–water partition coefficient (Wildman–Crippen LogP) is 2.43. The van der Waals surface area contributed by atoms with Gasteiger partial charge in [0.15, 0.2) is 0 Å². The lowest BCUT2D eigenvalue weighted by atomic mass is 10.0. The molecular formula is C15H21FN2O. The highest BCUT2D eigenvalue weighted by Crippen LogP contribution is 2.14. The molecule has 0 spiro atoms. The van der Waals surface area contributed by atoms with Gasteiger partial charge in [-0.3, -0.25) is 4.79 Å². The summed E-state index contributed by atoms with van der Waals surface area (Å²) in [5, 5.41) is 2.93. The van der Waals surface area contributed by atoms with Crippen LogP contribution in [0.1, 0.15) is 37.0 Å². The number of benzene rings is 1. The number of halogens is 1. The summed E-state index contributed by atoms with van der Waals surface area (Å²) in [7, 11) is 0. The zero-order chi connectivity index (χ0) is 13.8. The van der Waals surface area contributed by atoms with Crippen LogP contribution in [0.25, 0.3) is 0 Å². The van der Waals surface area contributed by atoms with E-state index in [1.807, 2.05) is 0 Å². The van der Waals surface area contributed by atoms with E-state index in [9.17, 15) is 9.18 Å². The number of likely N-dealkylation sites (tertiary alicyclic amines) is 1. The van der Waals surface area contributed by atoms with E-state index in [0.717, 1.165) is 25.9 Å². The second-order valence-electron chi connectivity index (χ2n) is 5.36. The van der Waals surface area contributed by atoms with Crippen molar-refractivity contribution in [1.29, 1.82) is 0 Å². The lowest BCUT2D eigenvalue weighted by Crippen LogP contribution is -2.46. The molecule has 1 fully saturated rings. The molecule has 1 aromatic rings. The molecular weight excluding hydrogens is 243 g/mol. The Balaban J connectivity index is 1.89. The first kappa shape index (κ1) is 14.0. The van der Waals surface area contributed by atoms with Crippen molar-refractivity contribution in [2.24, 2.45) is 0 Å². The van der Waals surface area contributed by atoms with Gasteiger partial charge in [0.05, 0.1) is 5.56 Å². The molecule has 4 heteroatoms. The van der Waals surface area contributed by atoms with Gasteiger partial charge >= 0.3 is 0 Å². The molecule has 1 aliphatic heterocycles. The molecule has 0 bridgehead atoms. The van der Waals surface area contributed by atoms with E-state index in [1.165, 1.54) is 12.1 Å². The minimum absolute atomic E-state index is 0.133. The number of carbonyl (C=O) groups is 1. The van der Waals surface area contributed by atoms with Crippen LogP contribution in [-0.2, 0) is 0 Å². The average Bonchev–Trinajstić information content (AvgIpc) is 2.39. The van der Waals surface area contributed by atoms with Gasteiger partial charge in [0, 0.05) is 25.2 Å². The molecule has 1 amide bonds. The molecule has 1 aliphatic rings. The van der Waals surface area contributed by atoms with Gasteiger partial charge in [0.2, 0.25) is 0 Å². The first-order chi connectivity index (χ1) is 9.08. The molecule has 3 nitrogen and oxygen atoms in total. The SMILES string of the molecule is CC(C)N1CCC(NC(=O)c2ccccc2F)CC1. The van der Waals surface area contributed by atoms with Crippen molar-refractivity contribution in [2.45, 2.75) is 38.8 Å². The molecule has 0 atom stereocenters. The third-order valence-corrected chi connectivity index (χ3v) is 3.71. The van der Waals surface area contributed by atoms with Crippen molar-refractivity contribution in [3.8, 4) is 0 Å². The van der Waals surface area contributed by atoms with Gasteiger partial charge < -0.3 is 10.2 Å². The molecule has 1 saturated heterocycles. The summed E-state index contributed by atoms with van der Waals surface area (Å²) in [5.74, 6) is -0.763. The van der Waals surface area contributed by atoms with Crippen molar-refractivity contribution < 1.29 is 9.18 Å². The Morgan fingerprint density at radius 1 is 1.32 bits per heavy atom. The maximum atomic E-state index is 13.5. The monoisotopic (exact) mass is 264 g/mol. The molecule has 0 unspecified atom stereocenters. The fraction of sp³-hybridized carbons (Fsp3) is 0.533. The molecule has 0 radical (unpaired) electrons. The normalized spacial score (nSPS) is 17.7. The first-order valence-corrected chi connectivity index (χ1v) is 6.87. The Bertz CT molecular complexity index is 440. The lowest BCUT2D eigenvalue weighted by Gasteiger charge is -2.34. The van der Waals surface area contributed by atoms with Crippen LogP contribution in [0.5, 0.6) is 0 Å². The fourth-order valence-corrected chi connectivity index (χ4v) is 2.47. The molecule has 1 N–H and O–H groups in total. The van der Waals surface area contributed by atoms with Gasteiger partial charge in [-0.2, -0.15) is 0 Å². The Morgan fingerprint density at radius 3 is 2.53 bits per heavy atom. The molecule has 1 heterocycles. The van der Waals surface area contributed by atoms with Crippen molar-refractivity contribution in [2.75, 3.05) is 13.1 Å². The van der Waals surface area contributed by atoms with E-state index in [-0.39, 0.29) is 17.5 Å². The van der Waals surface area contributed by atoms with E-state index in [0.29, 0.717) is 6.04 Å². The maximum Gasteiger partial charge on any atom is 0.254 e. The third-order valence-electron chi connectivity index (χ3n) is 3.71. The highest BCUT2D eigenvalue weighted by Gasteiger charge is 2.23. The van der Waals surface area contributed by atoms with Crippen LogP contribution < -0.4 is 5.32 Å². The summed E-state index contributed by atoms with van der Waals surface area (Å²) in [5.41, 5.74) is 0.133. The highest BCUT2D eigenvalue weighted by atomic mass is 19.1. The Kier molecular flexibility index (Phi) is 4.53. The van der Waals surface area contributed by atoms with Gasteiger partial charge in [-0.05, 0) is 38.8 Å². The highest BCUT2D eigenvalue weighted by molar-refractivity contribution is 5.94. The quantitative estimate of drug-likeness (QED) is 0.909. The smallest absolute Gasteiger partial charge is 0.254 e. The van der Waals surface area contributed by atoms with E-state index in [2.05, 4.69) is 24.1 Å². The predicted molar refractivity (Wildman–Crippen MR) is 73.6 cm³/mol. The maximum absolute atomic E-state index is 13.5. The van der Waals surface area contributed by atoms with Crippen molar-refractivity contribution in [3.05, 3.63) is 35.6 Å². The number of nitrogens with one attached hydrogen (secondary N) is 1. The van der Waals surface area contributed by atoms with E-state index in [1.54, 1.807) is 12.1 Å². The molecule has 0 saturated carbocycles. The van der Waals surface area contributed by atoms with Crippen molar-refractivity contribution in [3.63, 3.8) is 0 Å². The van der Waals surface area contributed by atoms with Crippen LogP contribution >= 0.6 is 0 Å². The largest absolute Gasteiger partial charge is 0.349 e. The molecule has 19 heavy (non-hydrogen) atoms. The van der Waals surface area contributed by atoms with Gasteiger partial charge in [-0.1, -0.05) is 12.1 Å². The van der Waals surface area contributed by atoms with Crippen LogP contribution in [0.4, 0.5) is 4.39 Å². The molecule has 1 aromatic carbocycles. The number of hydrogen-bond acceptors (Lipinski definition) is 2. The molecule has 0 aromatic heterocycles. The first-order valence-electron chi connectivity index (χ1n) is 6.87. The summed E-state index contributed by atoms with van der Waals surface area (Å²) in [4.78, 5) is 14.4. The van der Waals surface area contributed by atoms with Crippen molar-refractivity contribution in [1.82, 2.24) is 10.2 Å². The standard InChI is InChI=1S/C15H21FN2O/c1-11(2)18-9-7-12(8-10-18)17-15(19)13-5-3-4-6-14(13)16/h3-6,11-12H,7-10H2,1-2H3,(H,17,19). The second kappa shape index (κ2) is 6.15. The molecule has 0 aliphatic carbocycles. The van der Waals surface area contributed by atoms with Gasteiger partial charge in [-0.15, -0.1) is 0 Å². The molecule has 104 valence electrons. The van der Waals surface area contributed by atoms with E-state index < -0.39 is 5.82 Å². The Labute approximate surface area is 113 Å². The van der Waals surface area contributed by atoms with Gasteiger partial charge in [0.25, 0.3) is 5.91 Å².